The van der Waals surface area contributed by atoms with Gasteiger partial charge < -0.3 is 20.1 Å². The molecule has 0 aliphatic carbocycles. The first-order valence-corrected chi connectivity index (χ1v) is 4.87. The molecule has 3 unspecified atom stereocenters. The van der Waals surface area contributed by atoms with E-state index in [0.717, 1.165) is 0 Å². The quantitative estimate of drug-likeness (QED) is 0.351. The third kappa shape index (κ3) is 5.70. The molecule has 0 amide bonds. The predicted octanol–water partition coefficient (Wildman–Crippen LogP) is 0.109. The van der Waals surface area contributed by atoms with Crippen molar-refractivity contribution in [1.29, 1.82) is 0 Å². The van der Waals surface area contributed by atoms with Gasteiger partial charge in [0, 0.05) is 143 Å². The molecular weight excluding hydrogens is 865 g/mol. The topological polar surface area (TPSA) is 69.9 Å². The number of aliphatic hydroxyl groups is 3. The maximum absolute atomic E-state index is 10.1. The van der Waals surface area contributed by atoms with Gasteiger partial charge in [-0.15, -0.1) is 0 Å². The maximum atomic E-state index is 10.1. The predicted molar refractivity (Wildman–Crippen MR) is 51.5 cm³/mol. The van der Waals surface area contributed by atoms with Crippen LogP contribution in [-0.4, -0.2) is 40.4 Å². The summed E-state index contributed by atoms with van der Waals surface area (Å²) in [6.07, 6.45) is -2.28. The minimum Gasteiger partial charge on any atom is -0.394 e. The van der Waals surface area contributed by atoms with Crippen molar-refractivity contribution in [3.63, 3.8) is 0 Å². The molecule has 0 saturated carbocycles. The molecule has 1 aliphatic heterocycles. The first kappa shape index (κ1) is 26.1. The van der Waals surface area contributed by atoms with Crippen LogP contribution in [0.2, 0.25) is 0 Å². The molecule has 1 fully saturated rings. The molecule has 1 saturated heterocycles. The van der Waals surface area contributed by atoms with Gasteiger partial charge in [-0.3, -0.25) is 0 Å². The summed E-state index contributed by atoms with van der Waals surface area (Å²) in [5.74, 6) is 0. The SMILES string of the molecule is CC1(C)C(O)OC(CO)C(C)(C)C1O.[Ac].[Ac].[Ac]. The van der Waals surface area contributed by atoms with Crippen LogP contribution in [0.25, 0.3) is 0 Å². The van der Waals surface area contributed by atoms with Crippen LogP contribution in [0.1, 0.15) is 27.7 Å². The van der Waals surface area contributed by atoms with Crippen LogP contribution in [0.4, 0.5) is 0 Å². The summed E-state index contributed by atoms with van der Waals surface area (Å²) in [5, 5.41) is 28.8. The molecule has 3 atom stereocenters. The Labute approximate surface area is 211 Å². The Hall–Kier alpha value is 4.16. The van der Waals surface area contributed by atoms with Crippen molar-refractivity contribution >= 4 is 0 Å². The molecule has 3 radical (unpaired) electrons. The molecular formula is C10H20Ac3O4. The van der Waals surface area contributed by atoms with Crippen molar-refractivity contribution in [2.45, 2.75) is 46.2 Å². The Morgan fingerprint density at radius 3 is 1.71 bits per heavy atom. The van der Waals surface area contributed by atoms with Crippen LogP contribution in [0.3, 0.4) is 0 Å². The van der Waals surface area contributed by atoms with E-state index >= 15 is 0 Å². The van der Waals surface area contributed by atoms with Crippen LogP contribution in [0.15, 0.2) is 0 Å². The summed E-state index contributed by atoms with van der Waals surface area (Å²) in [6, 6.07) is 0. The second kappa shape index (κ2) is 10.0. The van der Waals surface area contributed by atoms with Gasteiger partial charge in [-0.25, -0.2) is 0 Å². The standard InChI is InChI=1S/C10H20O4.3Ac/c1-9(2)6(5-11)14-8(13)10(3,4)7(9)12;;;/h6-8,11-13H,5H2,1-4H3;;;. The zero-order valence-electron chi connectivity index (χ0n) is 10.9. The van der Waals surface area contributed by atoms with Gasteiger partial charge in [0.25, 0.3) is 0 Å². The van der Waals surface area contributed by atoms with Crippen LogP contribution < -0.4 is 0 Å². The molecule has 1 rings (SSSR count). The van der Waals surface area contributed by atoms with E-state index in [-0.39, 0.29) is 139 Å². The zero-order chi connectivity index (χ0) is 11.1. The first-order chi connectivity index (χ1) is 6.24. The molecule has 0 aromatic carbocycles. The summed E-state index contributed by atoms with van der Waals surface area (Å²) in [6.45, 7) is 6.95. The summed E-state index contributed by atoms with van der Waals surface area (Å²) < 4.78 is 5.28. The van der Waals surface area contributed by atoms with E-state index in [2.05, 4.69) is 0 Å². The van der Waals surface area contributed by atoms with E-state index < -0.39 is 29.3 Å². The Morgan fingerprint density at radius 1 is 0.941 bits per heavy atom. The molecule has 1 heterocycles. The van der Waals surface area contributed by atoms with Crippen molar-refractivity contribution in [2.75, 3.05) is 6.61 Å². The minimum atomic E-state index is -1.04. The molecule has 1 aliphatic rings. The van der Waals surface area contributed by atoms with Gasteiger partial charge >= 0.3 is 0 Å². The molecule has 0 aromatic heterocycles. The fourth-order valence-corrected chi connectivity index (χ4v) is 2.05. The normalized spacial score (nSPS) is 33.7. The van der Waals surface area contributed by atoms with Crippen LogP contribution in [0.5, 0.6) is 0 Å². The van der Waals surface area contributed by atoms with Crippen molar-refractivity contribution in [3.05, 3.63) is 0 Å². The van der Waals surface area contributed by atoms with Crippen molar-refractivity contribution in [3.8, 4) is 0 Å². The van der Waals surface area contributed by atoms with Crippen molar-refractivity contribution in [2.24, 2.45) is 10.8 Å². The largest absolute Gasteiger partial charge is 0.394 e. The number of aliphatic hydroxyl groups excluding tert-OH is 3. The summed E-state index contributed by atoms with van der Waals surface area (Å²) in [7, 11) is 0. The monoisotopic (exact) mass is 885 g/mol. The Kier molecular flexibility index (Phi) is 15.4. The second-order valence-electron chi connectivity index (χ2n) is 5.20. The zero-order valence-corrected chi connectivity index (χ0v) is 25.2. The number of ether oxygens (including phenoxy) is 1. The van der Waals surface area contributed by atoms with E-state index in [1.54, 1.807) is 13.8 Å². The molecule has 0 spiro atoms. The molecule has 0 bridgehead atoms. The fourth-order valence-electron chi connectivity index (χ4n) is 2.05. The Morgan fingerprint density at radius 2 is 1.35 bits per heavy atom. The molecule has 17 heavy (non-hydrogen) atoms. The smallest absolute Gasteiger partial charge is 0.162 e. The summed E-state index contributed by atoms with van der Waals surface area (Å²) >= 11 is 0. The van der Waals surface area contributed by atoms with Gasteiger partial charge in [-0.2, -0.15) is 0 Å². The van der Waals surface area contributed by atoms with Crippen molar-refractivity contribution in [1.82, 2.24) is 0 Å². The molecule has 4 nitrogen and oxygen atoms in total. The van der Waals surface area contributed by atoms with Gasteiger partial charge in [0.1, 0.15) is 0 Å². The van der Waals surface area contributed by atoms with Crippen LogP contribution in [0, 0.1) is 143 Å². The Bertz CT molecular complexity index is 224. The average molecular weight is 885 g/mol. The van der Waals surface area contributed by atoms with Crippen LogP contribution >= 0.6 is 0 Å². The van der Waals surface area contributed by atoms with E-state index in [1.165, 1.54) is 0 Å². The van der Waals surface area contributed by atoms with E-state index in [4.69, 9.17) is 9.84 Å². The maximum Gasteiger partial charge on any atom is 0.162 e. The number of hydrogen-bond acceptors (Lipinski definition) is 4. The summed E-state index contributed by atoms with van der Waals surface area (Å²) in [4.78, 5) is 0. The first-order valence-electron chi connectivity index (χ1n) is 4.87. The third-order valence-corrected chi connectivity index (χ3v) is 3.33. The molecule has 3 N–H and O–H groups in total. The van der Waals surface area contributed by atoms with Crippen LogP contribution in [-0.2, 0) is 4.74 Å². The van der Waals surface area contributed by atoms with Gasteiger partial charge in [-0.05, 0) is 0 Å². The molecule has 0 aromatic rings. The van der Waals surface area contributed by atoms with Gasteiger partial charge in [0.15, 0.2) is 6.29 Å². The number of hydrogen-bond donors (Lipinski definition) is 3. The van der Waals surface area contributed by atoms with Gasteiger partial charge in [0.2, 0.25) is 0 Å². The van der Waals surface area contributed by atoms with Gasteiger partial charge in [-0.1, -0.05) is 27.7 Å². The molecule has 7 heteroatoms. The Balaban J connectivity index is -0.000000653. The second-order valence-corrected chi connectivity index (χ2v) is 5.20. The van der Waals surface area contributed by atoms with E-state index in [0.29, 0.717) is 0 Å². The van der Waals surface area contributed by atoms with E-state index in [1.807, 2.05) is 13.8 Å². The summed E-state index contributed by atoms with van der Waals surface area (Å²) in [5.41, 5.74) is -1.27. The van der Waals surface area contributed by atoms with Crippen molar-refractivity contribution < 1.29 is 152 Å². The molecule has 93 valence electrons. The fraction of sp³-hybridized carbons (Fsp3) is 1.00. The minimum absolute atomic E-state index is 0. The third-order valence-electron chi connectivity index (χ3n) is 3.33. The number of rotatable bonds is 1. The van der Waals surface area contributed by atoms with Gasteiger partial charge in [0.05, 0.1) is 18.8 Å². The average Bonchev–Trinajstić information content (AvgIpc) is 2.09. The van der Waals surface area contributed by atoms with E-state index in [9.17, 15) is 10.2 Å².